The van der Waals surface area contributed by atoms with Crippen LogP contribution in [0.4, 0.5) is 5.69 Å². The van der Waals surface area contributed by atoms with Crippen LogP contribution in [0.25, 0.3) is 11.3 Å². The van der Waals surface area contributed by atoms with Gasteiger partial charge >= 0.3 is 0 Å². The van der Waals surface area contributed by atoms with E-state index in [2.05, 4.69) is 20.5 Å². The van der Waals surface area contributed by atoms with Gasteiger partial charge in [0.2, 0.25) is 11.0 Å². The van der Waals surface area contributed by atoms with Gasteiger partial charge in [0.1, 0.15) is 0 Å². The van der Waals surface area contributed by atoms with E-state index in [1.165, 1.54) is 11.8 Å². The first-order valence-electron chi connectivity index (χ1n) is 7.31. The molecule has 0 radical (unpaired) electrons. The lowest BCUT2D eigenvalue weighted by atomic mass is 10.1. The molecule has 2 heterocycles. The number of hydrogen-bond donors (Lipinski definition) is 1. The molecule has 0 bridgehead atoms. The van der Waals surface area contributed by atoms with Gasteiger partial charge in [-0.05, 0) is 24.5 Å². The molecule has 0 unspecified atom stereocenters. The minimum absolute atomic E-state index is 0.419. The molecule has 2 aromatic carbocycles. The largest absolute Gasteiger partial charge is 0.448 e. The Labute approximate surface area is 148 Å². The van der Waals surface area contributed by atoms with Crippen LogP contribution in [-0.2, 0) is 0 Å². The van der Waals surface area contributed by atoms with Gasteiger partial charge in [-0.2, -0.15) is 4.98 Å². The van der Waals surface area contributed by atoms with Gasteiger partial charge in [-0.1, -0.05) is 53.7 Å². The normalized spacial score (nSPS) is 15.5. The number of hydrogen-bond acceptors (Lipinski definition) is 6. The van der Waals surface area contributed by atoms with Crippen LogP contribution >= 0.6 is 23.4 Å². The Morgan fingerprint density at radius 3 is 2.83 bits per heavy atom. The number of halogens is 1. The van der Waals surface area contributed by atoms with Crippen LogP contribution in [0.15, 0.2) is 53.7 Å². The third-order valence-corrected chi connectivity index (χ3v) is 4.44. The second-order valence-corrected chi connectivity index (χ2v) is 6.40. The van der Waals surface area contributed by atoms with E-state index < -0.39 is 6.23 Å². The predicted molar refractivity (Wildman–Crippen MR) is 95.5 cm³/mol. The van der Waals surface area contributed by atoms with Crippen molar-refractivity contribution in [3.05, 3.63) is 59.1 Å². The third kappa shape index (κ3) is 2.79. The molecule has 4 rings (SSSR count). The fourth-order valence-electron chi connectivity index (χ4n) is 2.55. The third-order valence-electron chi connectivity index (χ3n) is 3.67. The number of para-hydroxylation sites is 1. The van der Waals surface area contributed by atoms with Gasteiger partial charge in [-0.15, -0.1) is 10.2 Å². The second-order valence-electron chi connectivity index (χ2n) is 5.20. The maximum atomic E-state index is 6.13. The minimum atomic E-state index is -0.419. The molecule has 0 fully saturated rings. The number of ether oxygens (including phenoxy) is 1. The van der Waals surface area contributed by atoms with Crippen molar-refractivity contribution < 1.29 is 4.74 Å². The first-order chi connectivity index (χ1) is 11.7. The number of aromatic nitrogens is 3. The molecular weight excluding hydrogens is 344 g/mol. The number of benzene rings is 2. The molecule has 1 aromatic heterocycles. The number of anilines is 1. The summed E-state index contributed by atoms with van der Waals surface area (Å²) in [6.07, 6.45) is 1.48. The van der Waals surface area contributed by atoms with E-state index >= 15 is 0 Å². The van der Waals surface area contributed by atoms with Crippen molar-refractivity contribution in [2.75, 3.05) is 11.6 Å². The van der Waals surface area contributed by atoms with Crippen molar-refractivity contribution in [2.45, 2.75) is 11.4 Å². The number of rotatable bonds is 2. The summed E-state index contributed by atoms with van der Waals surface area (Å²) in [5, 5.41) is 13.1. The highest BCUT2D eigenvalue weighted by Crippen LogP contribution is 2.39. The van der Waals surface area contributed by atoms with Crippen molar-refractivity contribution in [3.8, 4) is 17.1 Å². The van der Waals surface area contributed by atoms with E-state index in [1.807, 2.05) is 54.8 Å². The molecule has 1 atom stereocenters. The molecule has 120 valence electrons. The topological polar surface area (TPSA) is 59.9 Å². The number of thioether (sulfide) groups is 1. The highest BCUT2D eigenvalue weighted by molar-refractivity contribution is 7.98. The highest BCUT2D eigenvalue weighted by Gasteiger charge is 2.25. The zero-order valence-corrected chi connectivity index (χ0v) is 14.3. The van der Waals surface area contributed by atoms with Crippen molar-refractivity contribution >= 4 is 29.1 Å². The number of nitrogens with one attached hydrogen (secondary N) is 1. The fourth-order valence-corrected chi connectivity index (χ4v) is 3.05. The number of nitrogens with zero attached hydrogens (tertiary/aromatic N) is 3. The summed E-state index contributed by atoms with van der Waals surface area (Å²) in [5.41, 5.74) is 3.36. The molecule has 1 aliphatic heterocycles. The molecule has 0 aliphatic carbocycles. The summed E-state index contributed by atoms with van der Waals surface area (Å²) in [7, 11) is 0. The molecule has 5 nitrogen and oxygen atoms in total. The molecule has 3 aromatic rings. The van der Waals surface area contributed by atoms with Crippen LogP contribution in [0.3, 0.4) is 0 Å². The van der Waals surface area contributed by atoms with Crippen molar-refractivity contribution in [2.24, 2.45) is 0 Å². The Hall–Kier alpha value is -2.31. The summed E-state index contributed by atoms with van der Waals surface area (Å²) in [6.45, 7) is 0. The molecule has 0 spiro atoms. The monoisotopic (exact) mass is 356 g/mol. The summed E-state index contributed by atoms with van der Waals surface area (Å²) in [6, 6.07) is 15.4. The first kappa shape index (κ1) is 15.2. The van der Waals surface area contributed by atoms with Gasteiger partial charge in [0.15, 0.2) is 11.9 Å². The van der Waals surface area contributed by atoms with Crippen LogP contribution in [0.1, 0.15) is 11.8 Å². The SMILES string of the molecule is CSc1nnc2c(n1)O[C@@H](c1cccc(Cl)c1)Nc1ccccc1-2. The van der Waals surface area contributed by atoms with Gasteiger partial charge in [0, 0.05) is 21.8 Å². The molecule has 0 saturated heterocycles. The molecule has 1 N–H and O–H groups in total. The molecule has 7 heteroatoms. The van der Waals surface area contributed by atoms with Crippen molar-refractivity contribution in [1.82, 2.24) is 15.2 Å². The van der Waals surface area contributed by atoms with Gasteiger partial charge in [-0.25, -0.2) is 0 Å². The quantitative estimate of drug-likeness (QED) is 0.686. The minimum Gasteiger partial charge on any atom is -0.448 e. The molecule has 0 saturated carbocycles. The van der Waals surface area contributed by atoms with E-state index in [9.17, 15) is 0 Å². The number of fused-ring (bicyclic) bond motifs is 3. The highest BCUT2D eigenvalue weighted by atomic mass is 35.5. The smallest absolute Gasteiger partial charge is 0.247 e. The van der Waals surface area contributed by atoms with Crippen LogP contribution in [0, 0.1) is 0 Å². The van der Waals surface area contributed by atoms with Gasteiger partial charge in [0.05, 0.1) is 0 Å². The summed E-state index contributed by atoms with van der Waals surface area (Å²) < 4.78 is 6.13. The van der Waals surface area contributed by atoms with Crippen molar-refractivity contribution in [1.29, 1.82) is 0 Å². The summed E-state index contributed by atoms with van der Waals surface area (Å²) in [5.74, 6) is 0.455. The van der Waals surface area contributed by atoms with Gasteiger partial charge < -0.3 is 10.1 Å². The van der Waals surface area contributed by atoms with E-state index in [1.54, 1.807) is 0 Å². The second kappa shape index (κ2) is 6.30. The Bertz CT molecular complexity index is 905. The fraction of sp³-hybridized carbons (Fsp3) is 0.118. The van der Waals surface area contributed by atoms with E-state index in [4.69, 9.17) is 16.3 Å². The Balaban J connectivity index is 1.87. The summed E-state index contributed by atoms with van der Waals surface area (Å²) >= 11 is 7.55. The first-order valence-corrected chi connectivity index (χ1v) is 8.91. The molecule has 1 aliphatic rings. The zero-order chi connectivity index (χ0) is 16.5. The molecular formula is C17H13ClN4OS. The maximum absolute atomic E-state index is 6.13. The van der Waals surface area contributed by atoms with Crippen LogP contribution in [0.2, 0.25) is 5.02 Å². The van der Waals surface area contributed by atoms with Crippen molar-refractivity contribution in [3.63, 3.8) is 0 Å². The molecule has 0 amide bonds. The van der Waals surface area contributed by atoms with Crippen LogP contribution < -0.4 is 10.1 Å². The predicted octanol–water partition coefficient (Wildman–Crippen LogP) is 4.42. The average Bonchev–Trinajstić information content (AvgIpc) is 2.78. The molecule has 24 heavy (non-hydrogen) atoms. The van der Waals surface area contributed by atoms with E-state index in [0.29, 0.717) is 21.8 Å². The van der Waals surface area contributed by atoms with Gasteiger partial charge in [-0.3, -0.25) is 0 Å². The lowest BCUT2D eigenvalue weighted by molar-refractivity contribution is 0.225. The lowest BCUT2D eigenvalue weighted by Gasteiger charge is -2.19. The maximum Gasteiger partial charge on any atom is 0.247 e. The van der Waals surface area contributed by atoms with Crippen LogP contribution in [0.5, 0.6) is 5.88 Å². The average molecular weight is 357 g/mol. The Morgan fingerprint density at radius 2 is 2.00 bits per heavy atom. The van der Waals surface area contributed by atoms with Gasteiger partial charge in [0.25, 0.3) is 0 Å². The zero-order valence-electron chi connectivity index (χ0n) is 12.7. The standard InChI is InChI=1S/C17H13ClN4OS/c1-24-17-20-16-14(21-22-17)12-7-2-3-8-13(12)19-15(23-16)10-5-4-6-11(18)9-10/h2-9,15,19H,1H3/t15-/m0/s1. The Kier molecular flexibility index (Phi) is 4.00. The van der Waals surface area contributed by atoms with E-state index in [-0.39, 0.29) is 0 Å². The summed E-state index contributed by atoms with van der Waals surface area (Å²) in [4.78, 5) is 4.48. The van der Waals surface area contributed by atoms with Crippen LogP contribution in [-0.4, -0.2) is 21.4 Å². The Morgan fingerprint density at radius 1 is 1.12 bits per heavy atom. The van der Waals surface area contributed by atoms with E-state index in [0.717, 1.165) is 16.8 Å². The lowest BCUT2D eigenvalue weighted by Crippen LogP contribution is -2.17.